The summed E-state index contributed by atoms with van der Waals surface area (Å²) in [5.41, 5.74) is 0.776. The summed E-state index contributed by atoms with van der Waals surface area (Å²) in [5, 5.41) is 13.1. The van der Waals surface area contributed by atoms with Crippen molar-refractivity contribution in [1.29, 1.82) is 0 Å². The van der Waals surface area contributed by atoms with E-state index >= 15 is 0 Å². The van der Waals surface area contributed by atoms with Crippen molar-refractivity contribution < 1.29 is 9.72 Å². The van der Waals surface area contributed by atoms with E-state index in [1.807, 2.05) is 19.9 Å². The van der Waals surface area contributed by atoms with Crippen molar-refractivity contribution in [1.82, 2.24) is 10.3 Å². The van der Waals surface area contributed by atoms with Crippen molar-refractivity contribution in [3.63, 3.8) is 0 Å². The molecule has 0 unspecified atom stereocenters. The second kappa shape index (κ2) is 6.11. The van der Waals surface area contributed by atoms with E-state index in [-0.39, 0.29) is 16.4 Å². The lowest BCUT2D eigenvalue weighted by Crippen LogP contribution is -2.24. The number of pyridine rings is 1. The van der Waals surface area contributed by atoms with Crippen molar-refractivity contribution in [3.05, 3.63) is 44.7 Å². The lowest BCUT2D eigenvalue weighted by atomic mass is 10.2. The van der Waals surface area contributed by atoms with Crippen LogP contribution in [0.4, 0.5) is 5.69 Å². The van der Waals surface area contributed by atoms with E-state index in [2.05, 4.69) is 10.3 Å². The number of nitrogens with zero attached hydrogens (tertiary/aromatic N) is 2. The summed E-state index contributed by atoms with van der Waals surface area (Å²) >= 11 is 5.73. The largest absolute Gasteiger partial charge is 0.348 e. The molecule has 0 aliphatic rings. The molecule has 1 aromatic rings. The first-order valence-electron chi connectivity index (χ1n) is 5.13. The van der Waals surface area contributed by atoms with Crippen LogP contribution < -0.4 is 5.32 Å². The Morgan fingerprint density at radius 1 is 1.61 bits per heavy atom. The van der Waals surface area contributed by atoms with Crippen LogP contribution in [0.2, 0.25) is 5.15 Å². The van der Waals surface area contributed by atoms with Crippen LogP contribution in [0.25, 0.3) is 0 Å². The molecule has 1 N–H and O–H groups in total. The fraction of sp³-hybridized carbons (Fsp3) is 0.273. The highest BCUT2D eigenvalue weighted by atomic mass is 35.5. The summed E-state index contributed by atoms with van der Waals surface area (Å²) in [6, 6.07) is 1.10. The molecule has 0 saturated carbocycles. The molecular formula is C11H12ClN3O3. The van der Waals surface area contributed by atoms with Crippen LogP contribution >= 0.6 is 11.6 Å². The third kappa shape index (κ3) is 3.81. The van der Waals surface area contributed by atoms with Crippen LogP contribution in [0.15, 0.2) is 23.9 Å². The van der Waals surface area contributed by atoms with E-state index in [9.17, 15) is 14.9 Å². The number of aromatic nitrogens is 1. The number of rotatable bonds is 4. The van der Waals surface area contributed by atoms with Crippen molar-refractivity contribution >= 4 is 23.2 Å². The van der Waals surface area contributed by atoms with Crippen LogP contribution in [0, 0.1) is 10.1 Å². The van der Waals surface area contributed by atoms with Gasteiger partial charge in [0, 0.05) is 12.6 Å². The molecule has 1 rings (SSSR count). The molecule has 96 valence electrons. The highest BCUT2D eigenvalue weighted by molar-refractivity contribution is 6.32. The molecule has 0 spiro atoms. The van der Waals surface area contributed by atoms with Gasteiger partial charge >= 0.3 is 0 Å². The van der Waals surface area contributed by atoms with E-state index < -0.39 is 10.8 Å². The molecule has 0 bridgehead atoms. The second-order valence-electron chi connectivity index (χ2n) is 3.78. The topological polar surface area (TPSA) is 85.1 Å². The molecule has 6 nitrogen and oxygen atoms in total. The molecule has 1 amide bonds. The van der Waals surface area contributed by atoms with Crippen LogP contribution in [0.5, 0.6) is 0 Å². The number of nitrogens with one attached hydrogen (secondary N) is 1. The molecule has 0 atom stereocenters. The number of carbonyl (C=O) groups excluding carboxylic acids is 1. The fourth-order valence-corrected chi connectivity index (χ4v) is 1.33. The van der Waals surface area contributed by atoms with Gasteiger partial charge < -0.3 is 5.32 Å². The van der Waals surface area contributed by atoms with Crippen LogP contribution in [-0.2, 0) is 0 Å². The number of hydrogen-bond donors (Lipinski definition) is 1. The van der Waals surface area contributed by atoms with Gasteiger partial charge in [0.25, 0.3) is 11.6 Å². The Morgan fingerprint density at radius 2 is 2.28 bits per heavy atom. The van der Waals surface area contributed by atoms with E-state index in [0.717, 1.165) is 17.8 Å². The standard InChI is InChI=1S/C11H12ClN3O3/c1-7(2)3-4-13-11(16)9-5-8(15(17)18)6-14-10(9)12/h3,5-6H,4H2,1-2H3,(H,13,16). The van der Waals surface area contributed by atoms with Crippen molar-refractivity contribution in [2.75, 3.05) is 6.54 Å². The van der Waals surface area contributed by atoms with Crippen molar-refractivity contribution in [2.45, 2.75) is 13.8 Å². The summed E-state index contributed by atoms with van der Waals surface area (Å²) < 4.78 is 0. The molecule has 18 heavy (non-hydrogen) atoms. The maximum absolute atomic E-state index is 11.7. The lowest BCUT2D eigenvalue weighted by molar-refractivity contribution is -0.385. The Morgan fingerprint density at radius 3 is 2.83 bits per heavy atom. The van der Waals surface area contributed by atoms with Gasteiger partial charge in [0.2, 0.25) is 0 Å². The Bertz CT molecular complexity index is 510. The van der Waals surface area contributed by atoms with Crippen LogP contribution in [0.1, 0.15) is 24.2 Å². The molecule has 7 heteroatoms. The quantitative estimate of drug-likeness (QED) is 0.393. The molecule has 0 saturated heterocycles. The monoisotopic (exact) mass is 269 g/mol. The van der Waals surface area contributed by atoms with Gasteiger partial charge in [-0.25, -0.2) is 4.98 Å². The number of hydrogen-bond acceptors (Lipinski definition) is 4. The third-order valence-electron chi connectivity index (χ3n) is 2.05. The number of nitro groups is 1. The Labute approximate surface area is 109 Å². The maximum atomic E-state index is 11.7. The smallest absolute Gasteiger partial charge is 0.288 e. The Hall–Kier alpha value is -1.95. The lowest BCUT2D eigenvalue weighted by Gasteiger charge is -2.04. The van der Waals surface area contributed by atoms with E-state index in [1.165, 1.54) is 0 Å². The summed E-state index contributed by atoms with van der Waals surface area (Å²) in [4.78, 5) is 25.3. The van der Waals surface area contributed by atoms with Gasteiger partial charge in [0.15, 0.2) is 0 Å². The summed E-state index contributed by atoms with van der Waals surface area (Å²) in [6.07, 6.45) is 2.83. The normalized spacial score (nSPS) is 9.72. The number of allylic oxidation sites excluding steroid dienone is 1. The summed E-state index contributed by atoms with van der Waals surface area (Å²) in [5.74, 6) is -0.492. The maximum Gasteiger partial charge on any atom is 0.288 e. The van der Waals surface area contributed by atoms with E-state index in [4.69, 9.17) is 11.6 Å². The first kappa shape index (κ1) is 14.1. The predicted octanol–water partition coefficient (Wildman–Crippen LogP) is 2.34. The summed E-state index contributed by atoms with van der Waals surface area (Å²) in [7, 11) is 0. The van der Waals surface area contributed by atoms with Crippen LogP contribution in [-0.4, -0.2) is 22.4 Å². The van der Waals surface area contributed by atoms with Gasteiger partial charge in [0.1, 0.15) is 11.3 Å². The van der Waals surface area contributed by atoms with Crippen LogP contribution in [0.3, 0.4) is 0 Å². The van der Waals surface area contributed by atoms with Gasteiger partial charge in [-0.15, -0.1) is 0 Å². The fourth-order valence-electron chi connectivity index (χ4n) is 1.14. The van der Waals surface area contributed by atoms with Gasteiger partial charge in [-0.05, 0) is 13.8 Å². The van der Waals surface area contributed by atoms with Crippen molar-refractivity contribution in [2.24, 2.45) is 0 Å². The predicted molar refractivity (Wildman–Crippen MR) is 67.7 cm³/mol. The second-order valence-corrected chi connectivity index (χ2v) is 4.14. The minimum absolute atomic E-state index is 0.00646. The molecule has 0 aliphatic carbocycles. The van der Waals surface area contributed by atoms with Gasteiger partial charge in [-0.2, -0.15) is 0 Å². The first-order valence-corrected chi connectivity index (χ1v) is 5.51. The highest BCUT2D eigenvalue weighted by Gasteiger charge is 2.16. The van der Waals surface area contributed by atoms with Gasteiger partial charge in [-0.1, -0.05) is 23.3 Å². The molecule has 1 heterocycles. The Kier molecular flexibility index (Phi) is 4.79. The zero-order chi connectivity index (χ0) is 13.7. The van der Waals surface area contributed by atoms with E-state index in [0.29, 0.717) is 6.54 Å². The van der Waals surface area contributed by atoms with Gasteiger partial charge in [-0.3, -0.25) is 14.9 Å². The minimum atomic E-state index is -0.629. The van der Waals surface area contributed by atoms with E-state index in [1.54, 1.807) is 0 Å². The molecule has 0 aromatic carbocycles. The summed E-state index contributed by atoms with van der Waals surface area (Å²) in [6.45, 7) is 4.13. The number of amides is 1. The number of carbonyl (C=O) groups is 1. The molecule has 0 fully saturated rings. The first-order chi connectivity index (χ1) is 8.41. The molecular weight excluding hydrogens is 258 g/mol. The minimum Gasteiger partial charge on any atom is -0.348 e. The molecule has 0 radical (unpaired) electrons. The zero-order valence-corrected chi connectivity index (χ0v) is 10.7. The average Bonchev–Trinajstić information content (AvgIpc) is 2.28. The molecule has 1 aromatic heterocycles. The van der Waals surface area contributed by atoms with Gasteiger partial charge in [0.05, 0.1) is 10.5 Å². The van der Waals surface area contributed by atoms with Crippen molar-refractivity contribution in [3.8, 4) is 0 Å². The third-order valence-corrected chi connectivity index (χ3v) is 2.35. The zero-order valence-electron chi connectivity index (χ0n) is 9.94. The SMILES string of the molecule is CC(C)=CCNC(=O)c1cc([N+](=O)[O-])cnc1Cl. The highest BCUT2D eigenvalue weighted by Crippen LogP contribution is 2.18. The molecule has 0 aliphatic heterocycles. The average molecular weight is 270 g/mol. The Balaban J connectivity index is 2.88. The number of halogens is 1.